The number of hydrogen-bond donors (Lipinski definition) is 2. The van der Waals surface area contributed by atoms with Crippen LogP contribution in [0.25, 0.3) is 0 Å². The Morgan fingerprint density at radius 3 is 2.33 bits per heavy atom. The van der Waals surface area contributed by atoms with Gasteiger partial charge in [0.25, 0.3) is 5.91 Å². The molecule has 0 saturated heterocycles. The van der Waals surface area contributed by atoms with Gasteiger partial charge in [0.1, 0.15) is 5.82 Å². The Kier molecular flexibility index (Phi) is 4.66. The third kappa shape index (κ3) is 4.14. The molecule has 108 valence electrons. The summed E-state index contributed by atoms with van der Waals surface area (Å²) in [6.07, 6.45) is 0.361. The Hall–Kier alpha value is -2.69. The van der Waals surface area contributed by atoms with Crippen LogP contribution in [0.15, 0.2) is 48.5 Å². The zero-order valence-electron chi connectivity index (χ0n) is 11.5. The second-order valence-corrected chi connectivity index (χ2v) is 4.45. The topological polar surface area (TPSA) is 58.2 Å². The van der Waals surface area contributed by atoms with Crippen molar-refractivity contribution in [2.45, 2.75) is 13.3 Å². The molecule has 0 spiro atoms. The minimum absolute atomic E-state index is 0.127. The van der Waals surface area contributed by atoms with Crippen LogP contribution >= 0.6 is 0 Å². The second-order valence-electron chi connectivity index (χ2n) is 4.45. The molecule has 0 atom stereocenters. The van der Waals surface area contributed by atoms with Gasteiger partial charge < -0.3 is 10.6 Å². The van der Waals surface area contributed by atoms with Crippen molar-refractivity contribution in [2.24, 2.45) is 0 Å². The fourth-order valence-corrected chi connectivity index (χ4v) is 1.76. The van der Waals surface area contributed by atoms with Gasteiger partial charge in [-0.25, -0.2) is 4.39 Å². The van der Waals surface area contributed by atoms with Crippen LogP contribution in [0.3, 0.4) is 0 Å². The highest BCUT2D eigenvalue weighted by molar-refractivity contribution is 6.05. The van der Waals surface area contributed by atoms with E-state index in [9.17, 15) is 14.0 Å². The number of carbonyl (C=O) groups is 2. The SMILES string of the molecule is CCC(=O)Nc1cccc(C(=O)Nc2cccc(F)c2)c1. The number of rotatable bonds is 4. The third-order valence-electron chi connectivity index (χ3n) is 2.81. The van der Waals surface area contributed by atoms with Crippen molar-refractivity contribution in [3.63, 3.8) is 0 Å². The first kappa shape index (κ1) is 14.7. The summed E-state index contributed by atoms with van der Waals surface area (Å²) in [4.78, 5) is 23.4. The molecule has 0 unspecified atom stereocenters. The largest absolute Gasteiger partial charge is 0.326 e. The maximum Gasteiger partial charge on any atom is 0.255 e. The van der Waals surface area contributed by atoms with E-state index in [1.54, 1.807) is 37.3 Å². The van der Waals surface area contributed by atoms with Crippen molar-refractivity contribution >= 4 is 23.2 Å². The van der Waals surface area contributed by atoms with E-state index in [0.29, 0.717) is 23.4 Å². The summed E-state index contributed by atoms with van der Waals surface area (Å²) in [5.74, 6) is -0.914. The number of benzene rings is 2. The summed E-state index contributed by atoms with van der Waals surface area (Å²) in [5.41, 5.74) is 1.31. The molecule has 0 radical (unpaired) electrons. The number of halogens is 1. The molecule has 21 heavy (non-hydrogen) atoms. The predicted octanol–water partition coefficient (Wildman–Crippen LogP) is 3.43. The Labute approximate surface area is 122 Å². The monoisotopic (exact) mass is 286 g/mol. The smallest absolute Gasteiger partial charge is 0.255 e. The molecule has 0 aliphatic rings. The normalized spacial score (nSPS) is 10.0. The van der Waals surface area contributed by atoms with Crippen LogP contribution in [0, 0.1) is 5.82 Å². The van der Waals surface area contributed by atoms with E-state index in [-0.39, 0.29) is 11.8 Å². The number of nitrogens with one attached hydrogen (secondary N) is 2. The molecule has 4 nitrogen and oxygen atoms in total. The molecule has 0 saturated carbocycles. The van der Waals surface area contributed by atoms with Gasteiger partial charge in [-0.05, 0) is 36.4 Å². The van der Waals surface area contributed by atoms with Gasteiger partial charge >= 0.3 is 0 Å². The molecule has 2 aromatic rings. The van der Waals surface area contributed by atoms with E-state index in [4.69, 9.17) is 0 Å². The Balaban J connectivity index is 2.12. The van der Waals surface area contributed by atoms with Gasteiger partial charge in [0.05, 0.1) is 0 Å². The Morgan fingerprint density at radius 2 is 1.67 bits per heavy atom. The average molecular weight is 286 g/mol. The van der Waals surface area contributed by atoms with Crippen LogP contribution in [-0.4, -0.2) is 11.8 Å². The van der Waals surface area contributed by atoms with Gasteiger partial charge in [0.15, 0.2) is 0 Å². The second kappa shape index (κ2) is 6.65. The van der Waals surface area contributed by atoms with E-state index in [1.165, 1.54) is 18.2 Å². The van der Waals surface area contributed by atoms with Gasteiger partial charge in [-0.15, -0.1) is 0 Å². The van der Waals surface area contributed by atoms with Crippen LogP contribution < -0.4 is 10.6 Å². The lowest BCUT2D eigenvalue weighted by Crippen LogP contribution is -2.14. The van der Waals surface area contributed by atoms with Crippen LogP contribution in [0.2, 0.25) is 0 Å². The number of anilines is 2. The molecule has 5 heteroatoms. The van der Waals surface area contributed by atoms with Crippen LogP contribution in [0.1, 0.15) is 23.7 Å². The summed E-state index contributed by atoms with van der Waals surface area (Å²) in [7, 11) is 0. The molecule has 2 N–H and O–H groups in total. The van der Waals surface area contributed by atoms with E-state index in [2.05, 4.69) is 10.6 Å². The molecular formula is C16H15FN2O2. The highest BCUT2D eigenvalue weighted by atomic mass is 19.1. The third-order valence-corrected chi connectivity index (χ3v) is 2.81. The summed E-state index contributed by atoms with van der Waals surface area (Å²) < 4.78 is 13.1. The first-order valence-corrected chi connectivity index (χ1v) is 6.55. The van der Waals surface area contributed by atoms with E-state index in [1.807, 2.05) is 0 Å². The molecule has 2 amide bonds. The molecule has 2 aromatic carbocycles. The molecule has 0 heterocycles. The molecule has 0 aromatic heterocycles. The lowest BCUT2D eigenvalue weighted by Gasteiger charge is -2.08. The zero-order chi connectivity index (χ0) is 15.2. The maximum absolute atomic E-state index is 13.1. The van der Waals surface area contributed by atoms with Gasteiger partial charge in [-0.3, -0.25) is 9.59 Å². The fraction of sp³-hybridized carbons (Fsp3) is 0.125. The first-order chi connectivity index (χ1) is 10.1. The van der Waals surface area contributed by atoms with Gasteiger partial charge in [-0.2, -0.15) is 0 Å². The van der Waals surface area contributed by atoms with E-state index in [0.717, 1.165) is 0 Å². The molecule has 0 fully saturated rings. The minimum atomic E-state index is -0.420. The minimum Gasteiger partial charge on any atom is -0.326 e. The Bertz CT molecular complexity index is 671. The molecule has 0 bridgehead atoms. The van der Waals surface area contributed by atoms with Gasteiger partial charge in [0, 0.05) is 23.4 Å². The quantitative estimate of drug-likeness (QED) is 0.904. The summed E-state index contributed by atoms with van der Waals surface area (Å²) >= 11 is 0. The van der Waals surface area contributed by atoms with Crippen molar-refractivity contribution in [1.29, 1.82) is 0 Å². The average Bonchev–Trinajstić information content (AvgIpc) is 2.47. The van der Waals surface area contributed by atoms with Gasteiger partial charge in [-0.1, -0.05) is 19.1 Å². The molecule has 0 aliphatic carbocycles. The van der Waals surface area contributed by atoms with E-state index >= 15 is 0 Å². The number of carbonyl (C=O) groups excluding carboxylic acids is 2. The molecule has 0 aliphatic heterocycles. The van der Waals surface area contributed by atoms with E-state index < -0.39 is 5.82 Å². The highest BCUT2D eigenvalue weighted by Crippen LogP contribution is 2.14. The summed E-state index contributed by atoms with van der Waals surface area (Å²) in [5, 5.41) is 5.28. The highest BCUT2D eigenvalue weighted by Gasteiger charge is 2.08. The van der Waals surface area contributed by atoms with Crippen LogP contribution in [0.5, 0.6) is 0 Å². The molecule has 2 rings (SSSR count). The molecular weight excluding hydrogens is 271 g/mol. The first-order valence-electron chi connectivity index (χ1n) is 6.55. The Morgan fingerprint density at radius 1 is 1.00 bits per heavy atom. The fourth-order valence-electron chi connectivity index (χ4n) is 1.76. The maximum atomic E-state index is 13.1. The van der Waals surface area contributed by atoms with Crippen molar-refractivity contribution in [1.82, 2.24) is 0 Å². The summed E-state index contributed by atoms with van der Waals surface area (Å²) in [6.45, 7) is 1.75. The lowest BCUT2D eigenvalue weighted by atomic mass is 10.1. The van der Waals surface area contributed by atoms with Crippen molar-refractivity contribution in [2.75, 3.05) is 10.6 Å². The number of hydrogen-bond acceptors (Lipinski definition) is 2. The van der Waals surface area contributed by atoms with Crippen molar-refractivity contribution < 1.29 is 14.0 Å². The van der Waals surface area contributed by atoms with Crippen LogP contribution in [0.4, 0.5) is 15.8 Å². The van der Waals surface area contributed by atoms with Gasteiger partial charge in [0.2, 0.25) is 5.91 Å². The predicted molar refractivity (Wildman–Crippen MR) is 79.7 cm³/mol. The standard InChI is InChI=1S/C16H15FN2O2/c1-2-15(20)18-13-7-3-5-11(9-13)16(21)19-14-8-4-6-12(17)10-14/h3-10H,2H2,1H3,(H,18,20)(H,19,21). The summed E-state index contributed by atoms with van der Waals surface area (Å²) in [6, 6.07) is 12.2. The zero-order valence-corrected chi connectivity index (χ0v) is 11.5. The van der Waals surface area contributed by atoms with Crippen molar-refractivity contribution in [3.05, 3.63) is 59.9 Å². The van der Waals surface area contributed by atoms with Crippen LogP contribution in [-0.2, 0) is 4.79 Å². The van der Waals surface area contributed by atoms with Crippen molar-refractivity contribution in [3.8, 4) is 0 Å². The lowest BCUT2D eigenvalue weighted by molar-refractivity contribution is -0.115. The number of amides is 2.